The molecule has 0 heterocycles. The number of carbonyl (C=O) groups is 2. The second kappa shape index (κ2) is 12.1. The molecule has 0 bridgehead atoms. The fraction of sp³-hybridized carbons (Fsp3) is 0.393. The monoisotopic (exact) mass is 476 g/mol. The zero-order valence-corrected chi connectivity index (χ0v) is 21.8. The van der Waals surface area contributed by atoms with E-state index >= 15 is 0 Å². The number of amides is 2. The van der Waals surface area contributed by atoms with Gasteiger partial charge in [-0.25, -0.2) is 4.79 Å². The molecule has 0 spiro atoms. The highest BCUT2D eigenvalue weighted by atomic mass is 16.6. The van der Waals surface area contributed by atoms with Crippen LogP contribution in [0.4, 0.5) is 10.5 Å². The smallest absolute Gasteiger partial charge is 0.413 e. The topological polar surface area (TPSA) is 94.5 Å². The van der Waals surface area contributed by atoms with Crippen molar-refractivity contribution in [3.8, 4) is 11.8 Å². The van der Waals surface area contributed by atoms with Crippen LogP contribution < -0.4 is 10.6 Å². The van der Waals surface area contributed by atoms with Crippen molar-refractivity contribution in [2.24, 2.45) is 0 Å². The van der Waals surface area contributed by atoms with Crippen molar-refractivity contribution in [2.75, 3.05) is 25.0 Å². The van der Waals surface area contributed by atoms with Gasteiger partial charge in [0.25, 0.3) is 5.91 Å². The zero-order valence-electron chi connectivity index (χ0n) is 21.8. The van der Waals surface area contributed by atoms with Gasteiger partial charge in [-0.3, -0.25) is 15.5 Å². The molecule has 0 aliphatic carbocycles. The molecule has 0 radical (unpaired) electrons. The molecule has 0 fully saturated rings. The summed E-state index contributed by atoms with van der Waals surface area (Å²) in [7, 11) is 0. The van der Waals surface area contributed by atoms with Gasteiger partial charge in [-0.1, -0.05) is 11.8 Å². The number of nitrogens with one attached hydrogen (secondary N) is 3. The molecular weight excluding hydrogens is 440 g/mol. The molecule has 0 saturated carbocycles. The molecule has 0 aliphatic rings. The molecule has 0 unspecified atom stereocenters. The molecule has 0 aliphatic heterocycles. The Balaban J connectivity index is 1.98. The number of alkyl carbamates (subject to hydrolysis) is 1. The largest absolute Gasteiger partial charge is 0.444 e. The number of carbonyl (C=O) groups excluding carboxylic acids is 2. The van der Waals surface area contributed by atoms with Crippen molar-refractivity contribution < 1.29 is 14.3 Å². The van der Waals surface area contributed by atoms with Crippen LogP contribution >= 0.6 is 0 Å². The van der Waals surface area contributed by atoms with E-state index in [1.54, 1.807) is 32.9 Å². The lowest BCUT2D eigenvalue weighted by Gasteiger charge is -2.20. The first kappa shape index (κ1) is 27.5. The fourth-order valence-corrected chi connectivity index (χ4v) is 3.38. The van der Waals surface area contributed by atoms with Gasteiger partial charge in [0, 0.05) is 35.5 Å². The molecule has 2 amide bonds. The number of anilines is 1. The summed E-state index contributed by atoms with van der Waals surface area (Å²) in [5.74, 6) is 6.33. The van der Waals surface area contributed by atoms with Crippen molar-refractivity contribution >= 4 is 23.5 Å². The fourth-order valence-electron chi connectivity index (χ4n) is 3.38. The quantitative estimate of drug-likeness (QED) is 0.307. The third kappa shape index (κ3) is 8.18. The standard InChI is InChI=1S/C28H36N4O3/c1-8-32(9-2)26(33)24-18-19(3)22(17-20(24)4)11-10-16-30-23-14-12-21(13-15-23)25(29)31-27(34)35-28(5,6)7/h12-15,17-18,30H,8-9,16H2,1-7H3,(H2,29,31,34). The summed E-state index contributed by atoms with van der Waals surface area (Å²) in [5, 5.41) is 13.7. The molecule has 0 saturated heterocycles. The Bertz CT molecular complexity index is 1130. The summed E-state index contributed by atoms with van der Waals surface area (Å²) in [6.45, 7) is 15.0. The minimum atomic E-state index is -0.657. The first-order chi connectivity index (χ1) is 16.4. The van der Waals surface area contributed by atoms with Crippen molar-refractivity contribution in [3.63, 3.8) is 0 Å². The SMILES string of the molecule is CCN(CC)C(=O)c1cc(C)c(C#CCNc2ccc(C(=N)NC(=O)OC(C)(C)C)cc2)cc1C. The van der Waals surface area contributed by atoms with Crippen LogP contribution in [0.5, 0.6) is 0 Å². The molecule has 7 nitrogen and oxygen atoms in total. The first-order valence-corrected chi connectivity index (χ1v) is 11.8. The number of hydrogen-bond acceptors (Lipinski definition) is 5. The predicted octanol–water partition coefficient (Wildman–Crippen LogP) is 5.10. The van der Waals surface area contributed by atoms with E-state index in [-0.39, 0.29) is 11.7 Å². The lowest BCUT2D eigenvalue weighted by atomic mass is 9.99. The average molecular weight is 477 g/mol. The van der Waals surface area contributed by atoms with Crippen LogP contribution in [0, 0.1) is 31.1 Å². The normalized spacial score (nSPS) is 10.6. The van der Waals surface area contributed by atoms with Crippen molar-refractivity contribution in [1.29, 1.82) is 5.41 Å². The highest BCUT2D eigenvalue weighted by Gasteiger charge is 2.18. The van der Waals surface area contributed by atoms with Gasteiger partial charge < -0.3 is 15.0 Å². The van der Waals surface area contributed by atoms with Gasteiger partial charge >= 0.3 is 6.09 Å². The summed E-state index contributed by atoms with van der Waals surface area (Å²) in [6, 6.07) is 11.0. The highest BCUT2D eigenvalue weighted by Crippen LogP contribution is 2.18. The molecule has 2 aromatic carbocycles. The summed E-state index contributed by atoms with van der Waals surface area (Å²) < 4.78 is 5.17. The number of benzene rings is 2. The number of hydrogen-bond donors (Lipinski definition) is 3. The minimum Gasteiger partial charge on any atom is -0.444 e. The summed E-state index contributed by atoms with van der Waals surface area (Å²) in [4.78, 5) is 26.4. The maximum absolute atomic E-state index is 12.7. The lowest BCUT2D eigenvalue weighted by molar-refractivity contribution is 0.0562. The van der Waals surface area contributed by atoms with E-state index in [0.29, 0.717) is 25.2 Å². The second-order valence-electron chi connectivity index (χ2n) is 9.19. The minimum absolute atomic E-state index is 0.0284. The first-order valence-electron chi connectivity index (χ1n) is 11.8. The third-order valence-corrected chi connectivity index (χ3v) is 5.26. The number of ether oxygens (including phenoxy) is 1. The summed E-state index contributed by atoms with van der Waals surface area (Å²) in [5.41, 5.74) is 4.31. The van der Waals surface area contributed by atoms with Crippen LogP contribution in [0.3, 0.4) is 0 Å². The van der Waals surface area contributed by atoms with E-state index < -0.39 is 11.7 Å². The van der Waals surface area contributed by atoms with Crippen LogP contribution in [0.1, 0.15) is 67.2 Å². The Morgan fingerprint density at radius 1 is 1.03 bits per heavy atom. The molecule has 2 rings (SSSR count). The summed E-state index contributed by atoms with van der Waals surface area (Å²) in [6.07, 6.45) is -0.657. The predicted molar refractivity (Wildman–Crippen MR) is 141 cm³/mol. The maximum Gasteiger partial charge on any atom is 0.413 e. The van der Waals surface area contributed by atoms with E-state index in [9.17, 15) is 9.59 Å². The van der Waals surface area contributed by atoms with E-state index in [1.165, 1.54) is 0 Å². The van der Waals surface area contributed by atoms with Crippen LogP contribution in [0.25, 0.3) is 0 Å². The number of rotatable bonds is 6. The molecule has 3 N–H and O–H groups in total. The average Bonchev–Trinajstić information content (AvgIpc) is 2.78. The van der Waals surface area contributed by atoms with Crippen LogP contribution in [-0.2, 0) is 4.74 Å². The van der Waals surface area contributed by atoms with Crippen molar-refractivity contribution in [3.05, 3.63) is 64.2 Å². The van der Waals surface area contributed by atoms with Crippen molar-refractivity contribution in [2.45, 2.75) is 54.1 Å². The maximum atomic E-state index is 12.7. The highest BCUT2D eigenvalue weighted by molar-refractivity contribution is 6.04. The number of aryl methyl sites for hydroxylation is 2. The van der Waals surface area contributed by atoms with Gasteiger partial charge in [0.05, 0.1) is 6.54 Å². The zero-order chi connectivity index (χ0) is 26.2. The van der Waals surface area contributed by atoms with Crippen LogP contribution in [0.15, 0.2) is 36.4 Å². The van der Waals surface area contributed by atoms with E-state index in [4.69, 9.17) is 10.1 Å². The van der Waals surface area contributed by atoms with Gasteiger partial charge in [0.2, 0.25) is 0 Å². The van der Waals surface area contributed by atoms with Crippen molar-refractivity contribution in [1.82, 2.24) is 10.2 Å². The molecule has 0 atom stereocenters. The van der Waals surface area contributed by atoms with Gasteiger partial charge in [0.1, 0.15) is 11.4 Å². The van der Waals surface area contributed by atoms with E-state index in [1.807, 2.05) is 56.9 Å². The number of amidine groups is 1. The molecule has 2 aromatic rings. The molecule has 186 valence electrons. The lowest BCUT2D eigenvalue weighted by Crippen LogP contribution is -2.36. The third-order valence-electron chi connectivity index (χ3n) is 5.26. The van der Waals surface area contributed by atoms with E-state index in [2.05, 4.69) is 22.5 Å². The molecular formula is C28H36N4O3. The van der Waals surface area contributed by atoms with E-state index in [0.717, 1.165) is 27.9 Å². The van der Waals surface area contributed by atoms with Gasteiger partial charge in [-0.2, -0.15) is 0 Å². The molecule has 35 heavy (non-hydrogen) atoms. The Morgan fingerprint density at radius 3 is 2.23 bits per heavy atom. The van der Waals surface area contributed by atoms with Gasteiger partial charge in [-0.15, -0.1) is 0 Å². The van der Waals surface area contributed by atoms with Crippen LogP contribution in [-0.4, -0.2) is 48.0 Å². The Hall–Kier alpha value is -3.79. The Morgan fingerprint density at radius 2 is 1.66 bits per heavy atom. The summed E-state index contributed by atoms with van der Waals surface area (Å²) >= 11 is 0. The molecule has 0 aromatic heterocycles. The number of nitrogens with zero attached hydrogens (tertiary/aromatic N) is 1. The second-order valence-corrected chi connectivity index (χ2v) is 9.19. The van der Waals surface area contributed by atoms with Gasteiger partial charge in [0.15, 0.2) is 0 Å². The molecule has 7 heteroatoms. The Labute approximate surface area is 208 Å². The van der Waals surface area contributed by atoms with Gasteiger partial charge in [-0.05, 0) is 96.0 Å². The van der Waals surface area contributed by atoms with Crippen LogP contribution in [0.2, 0.25) is 0 Å². The Kier molecular flexibility index (Phi) is 9.47.